The third-order valence-corrected chi connectivity index (χ3v) is 3.47. The molecule has 98 valence electrons. The number of hydrogen-bond donors (Lipinski definition) is 0. The molecule has 0 saturated heterocycles. The van der Waals surface area contributed by atoms with Crippen LogP contribution in [0.15, 0.2) is 54.1 Å². The lowest BCUT2D eigenvalue weighted by Gasteiger charge is -2.03. The molecule has 0 aliphatic heterocycles. The van der Waals surface area contributed by atoms with E-state index in [9.17, 15) is 4.79 Å². The Bertz CT molecular complexity index is 602. The first-order valence-electron chi connectivity index (χ1n) is 6.93. The summed E-state index contributed by atoms with van der Waals surface area (Å²) in [4.78, 5) is 12.0. The van der Waals surface area contributed by atoms with E-state index in [1.165, 1.54) is 16.3 Å². The molecule has 1 heteroatoms. The van der Waals surface area contributed by atoms with Crippen molar-refractivity contribution < 1.29 is 4.79 Å². The molecule has 0 unspecified atom stereocenters. The van der Waals surface area contributed by atoms with Crippen molar-refractivity contribution in [3.05, 3.63) is 59.7 Å². The van der Waals surface area contributed by atoms with Crippen molar-refractivity contribution in [2.45, 2.75) is 33.1 Å². The van der Waals surface area contributed by atoms with E-state index < -0.39 is 0 Å². The Balaban J connectivity index is 2.17. The number of allylic oxidation sites excluding steroid dienone is 2. The van der Waals surface area contributed by atoms with Gasteiger partial charge < -0.3 is 0 Å². The summed E-state index contributed by atoms with van der Waals surface area (Å²) in [7, 11) is 0. The van der Waals surface area contributed by atoms with E-state index in [0.717, 1.165) is 18.4 Å². The summed E-state index contributed by atoms with van der Waals surface area (Å²) in [5.74, 6) is 0.203. The first-order valence-corrected chi connectivity index (χ1v) is 6.93. The maximum atomic E-state index is 12.0. The number of hydrogen-bond acceptors (Lipinski definition) is 1. The van der Waals surface area contributed by atoms with Crippen LogP contribution in [-0.4, -0.2) is 5.78 Å². The molecule has 0 radical (unpaired) electrons. The van der Waals surface area contributed by atoms with E-state index in [-0.39, 0.29) is 5.78 Å². The number of fused-ring (bicyclic) bond motifs is 1. The van der Waals surface area contributed by atoms with E-state index in [0.29, 0.717) is 6.42 Å². The fourth-order valence-corrected chi connectivity index (χ4v) is 2.28. The molecule has 0 bridgehead atoms. The van der Waals surface area contributed by atoms with E-state index >= 15 is 0 Å². The largest absolute Gasteiger partial charge is 0.294 e. The number of benzene rings is 2. The normalized spacial score (nSPS) is 10.4. The molecule has 19 heavy (non-hydrogen) atoms. The van der Waals surface area contributed by atoms with Gasteiger partial charge in [0.15, 0.2) is 5.78 Å². The maximum absolute atomic E-state index is 12.0. The molecular formula is C18H20O. The van der Waals surface area contributed by atoms with Gasteiger partial charge in [0.2, 0.25) is 0 Å². The molecule has 0 aliphatic carbocycles. The summed E-state index contributed by atoms with van der Waals surface area (Å²) in [6.45, 7) is 4.19. The lowest BCUT2D eigenvalue weighted by molar-refractivity contribution is -0.114. The molecule has 0 aliphatic rings. The fraction of sp³-hybridized carbons (Fsp3) is 0.278. The number of rotatable bonds is 5. The minimum absolute atomic E-state index is 0.203. The number of ketones is 1. The van der Waals surface area contributed by atoms with E-state index in [2.05, 4.69) is 38.1 Å². The summed E-state index contributed by atoms with van der Waals surface area (Å²) in [6.07, 6.45) is 4.23. The van der Waals surface area contributed by atoms with Gasteiger partial charge in [0, 0.05) is 6.42 Å². The third-order valence-electron chi connectivity index (χ3n) is 3.47. The number of carbonyl (C=O) groups excluding carboxylic acids is 1. The smallest absolute Gasteiger partial charge is 0.160 e. The van der Waals surface area contributed by atoms with Crippen LogP contribution in [0.2, 0.25) is 0 Å². The second kappa shape index (κ2) is 6.33. The molecular weight excluding hydrogens is 232 g/mol. The Morgan fingerprint density at radius 1 is 1.00 bits per heavy atom. The first-order chi connectivity index (χ1) is 9.22. The molecule has 2 rings (SSSR count). The van der Waals surface area contributed by atoms with Crippen LogP contribution in [0, 0.1) is 0 Å². The molecule has 0 atom stereocenters. The van der Waals surface area contributed by atoms with Crippen molar-refractivity contribution in [2.75, 3.05) is 0 Å². The predicted molar refractivity (Wildman–Crippen MR) is 81.3 cm³/mol. The first kappa shape index (κ1) is 13.5. The summed E-state index contributed by atoms with van der Waals surface area (Å²) >= 11 is 0. The van der Waals surface area contributed by atoms with Crippen molar-refractivity contribution in [1.29, 1.82) is 0 Å². The minimum Gasteiger partial charge on any atom is -0.294 e. The van der Waals surface area contributed by atoms with E-state index in [4.69, 9.17) is 0 Å². The van der Waals surface area contributed by atoms with Gasteiger partial charge in [-0.15, -0.1) is 0 Å². The summed E-state index contributed by atoms with van der Waals surface area (Å²) < 4.78 is 0. The highest BCUT2D eigenvalue weighted by atomic mass is 16.1. The van der Waals surface area contributed by atoms with Gasteiger partial charge >= 0.3 is 0 Å². The summed E-state index contributed by atoms with van der Waals surface area (Å²) in [6, 6.07) is 14.5. The molecule has 0 heterocycles. The van der Waals surface area contributed by atoms with Crippen molar-refractivity contribution >= 4 is 16.6 Å². The molecule has 0 spiro atoms. The van der Waals surface area contributed by atoms with Gasteiger partial charge in [-0.2, -0.15) is 0 Å². The predicted octanol–water partition coefficient (Wildman–Crippen LogP) is 4.70. The van der Waals surface area contributed by atoms with Gasteiger partial charge in [-0.3, -0.25) is 4.79 Å². The van der Waals surface area contributed by atoms with Gasteiger partial charge in [0.1, 0.15) is 0 Å². The van der Waals surface area contributed by atoms with Gasteiger partial charge in [-0.05, 0) is 35.3 Å². The average Bonchev–Trinajstić information content (AvgIpc) is 2.44. The van der Waals surface area contributed by atoms with Gasteiger partial charge in [-0.1, -0.05) is 61.9 Å². The molecule has 2 aromatic carbocycles. The van der Waals surface area contributed by atoms with Gasteiger partial charge in [0.25, 0.3) is 0 Å². The average molecular weight is 252 g/mol. The fourth-order valence-electron chi connectivity index (χ4n) is 2.28. The zero-order chi connectivity index (χ0) is 13.7. The maximum Gasteiger partial charge on any atom is 0.160 e. The Morgan fingerprint density at radius 2 is 1.68 bits per heavy atom. The molecule has 0 fully saturated rings. The topological polar surface area (TPSA) is 17.1 Å². The van der Waals surface area contributed by atoms with Crippen molar-refractivity contribution in [1.82, 2.24) is 0 Å². The van der Waals surface area contributed by atoms with Crippen LogP contribution in [0.3, 0.4) is 0 Å². The van der Waals surface area contributed by atoms with E-state index in [1.54, 1.807) is 0 Å². The number of carbonyl (C=O) groups is 1. The van der Waals surface area contributed by atoms with Crippen LogP contribution in [0.25, 0.3) is 10.8 Å². The Labute approximate surface area is 115 Å². The molecule has 0 saturated carbocycles. The molecule has 0 aromatic heterocycles. The highest BCUT2D eigenvalue weighted by molar-refractivity contribution is 5.93. The van der Waals surface area contributed by atoms with E-state index in [1.807, 2.05) is 24.3 Å². The minimum atomic E-state index is 0.203. The molecule has 1 nitrogen and oxygen atoms in total. The van der Waals surface area contributed by atoms with Crippen LogP contribution in [0.4, 0.5) is 0 Å². The monoisotopic (exact) mass is 252 g/mol. The van der Waals surface area contributed by atoms with Crippen LogP contribution >= 0.6 is 0 Å². The molecule has 0 N–H and O–H groups in total. The zero-order valence-corrected chi connectivity index (χ0v) is 11.6. The van der Waals surface area contributed by atoms with Crippen LogP contribution < -0.4 is 0 Å². The van der Waals surface area contributed by atoms with Crippen molar-refractivity contribution in [2.24, 2.45) is 0 Å². The highest BCUT2D eigenvalue weighted by Crippen LogP contribution is 2.16. The Kier molecular flexibility index (Phi) is 4.51. The summed E-state index contributed by atoms with van der Waals surface area (Å²) in [5, 5.41) is 2.42. The highest BCUT2D eigenvalue weighted by Gasteiger charge is 2.03. The van der Waals surface area contributed by atoms with Gasteiger partial charge in [-0.25, -0.2) is 0 Å². The van der Waals surface area contributed by atoms with Gasteiger partial charge in [0.05, 0.1) is 0 Å². The zero-order valence-electron chi connectivity index (χ0n) is 11.6. The lowest BCUT2D eigenvalue weighted by Crippen LogP contribution is -2.00. The Morgan fingerprint density at radius 3 is 2.37 bits per heavy atom. The third kappa shape index (κ3) is 3.54. The van der Waals surface area contributed by atoms with Crippen LogP contribution in [0.1, 0.15) is 32.3 Å². The van der Waals surface area contributed by atoms with Crippen molar-refractivity contribution in [3.8, 4) is 0 Å². The standard InChI is InChI=1S/C18H20O/c1-3-14(4-2)12-18(19)13-15-9-10-16-7-5-6-8-17(16)11-15/h5-12H,3-4,13H2,1-2H3. The Hall–Kier alpha value is -1.89. The SMILES string of the molecule is CCC(=CC(=O)Cc1ccc2ccccc2c1)CC. The van der Waals surface area contributed by atoms with Crippen LogP contribution in [0.5, 0.6) is 0 Å². The van der Waals surface area contributed by atoms with Crippen molar-refractivity contribution in [3.63, 3.8) is 0 Å². The van der Waals surface area contributed by atoms with Crippen LogP contribution in [-0.2, 0) is 11.2 Å². The second-order valence-corrected chi connectivity index (χ2v) is 4.83. The molecule has 0 amide bonds. The lowest BCUT2D eigenvalue weighted by atomic mass is 10.0. The second-order valence-electron chi connectivity index (χ2n) is 4.83. The molecule has 2 aromatic rings. The quantitative estimate of drug-likeness (QED) is 0.705. The summed E-state index contributed by atoms with van der Waals surface area (Å²) in [5.41, 5.74) is 2.32.